The van der Waals surface area contributed by atoms with E-state index >= 15 is 0 Å². The molecule has 1 aromatic carbocycles. The Morgan fingerprint density at radius 1 is 1.32 bits per heavy atom. The van der Waals surface area contributed by atoms with E-state index in [1.54, 1.807) is 0 Å². The van der Waals surface area contributed by atoms with E-state index in [0.29, 0.717) is 13.0 Å². The summed E-state index contributed by atoms with van der Waals surface area (Å²) < 4.78 is 5.80. The van der Waals surface area contributed by atoms with Gasteiger partial charge in [-0.2, -0.15) is 5.26 Å². The summed E-state index contributed by atoms with van der Waals surface area (Å²) in [6, 6.07) is 8.00. The molecule has 0 spiro atoms. The lowest BCUT2D eigenvalue weighted by atomic mass is 9.89. The number of hydrogen-bond donors (Lipinski definition) is 1. The maximum atomic E-state index is 9.02. The Labute approximate surface area is 113 Å². The Morgan fingerprint density at radius 3 is 3.00 bits per heavy atom. The van der Waals surface area contributed by atoms with Crippen molar-refractivity contribution < 1.29 is 9.94 Å². The van der Waals surface area contributed by atoms with Crippen LogP contribution in [0.4, 0.5) is 0 Å². The van der Waals surface area contributed by atoms with Gasteiger partial charge in [0.2, 0.25) is 0 Å². The van der Waals surface area contributed by atoms with E-state index in [4.69, 9.17) is 15.2 Å². The second kappa shape index (κ2) is 6.79. The number of hydrogen-bond acceptors (Lipinski definition) is 4. The molecule has 4 nitrogen and oxygen atoms in total. The molecule has 0 atom stereocenters. The molecule has 0 fully saturated rings. The van der Waals surface area contributed by atoms with Gasteiger partial charge in [-0.25, -0.2) is 0 Å². The van der Waals surface area contributed by atoms with Gasteiger partial charge in [0.15, 0.2) is 0 Å². The van der Waals surface area contributed by atoms with Gasteiger partial charge in [-0.15, -0.1) is 0 Å². The number of nitrogens with zero attached hydrogens (tertiary/aromatic N) is 2. The lowest BCUT2D eigenvalue weighted by molar-refractivity contribution is 0.303. The first-order valence-electron chi connectivity index (χ1n) is 6.69. The van der Waals surface area contributed by atoms with E-state index < -0.39 is 0 Å². The fraction of sp³-hybridized carbons (Fsp3) is 0.467. The number of ether oxygens (including phenoxy) is 1. The highest BCUT2D eigenvalue weighted by molar-refractivity contribution is 6.02. The van der Waals surface area contributed by atoms with Crippen LogP contribution in [0.15, 0.2) is 23.4 Å². The highest BCUT2D eigenvalue weighted by Crippen LogP contribution is 2.30. The van der Waals surface area contributed by atoms with Crippen LogP contribution in [0.25, 0.3) is 0 Å². The molecule has 0 saturated carbocycles. The van der Waals surface area contributed by atoms with Gasteiger partial charge in [0.25, 0.3) is 0 Å². The molecule has 0 bridgehead atoms. The van der Waals surface area contributed by atoms with Gasteiger partial charge in [-0.3, -0.25) is 0 Å². The molecule has 0 radical (unpaired) electrons. The normalized spacial score (nSPS) is 15.8. The van der Waals surface area contributed by atoms with Crippen molar-refractivity contribution in [2.75, 3.05) is 6.61 Å². The molecule has 0 heterocycles. The van der Waals surface area contributed by atoms with E-state index in [-0.39, 0.29) is 0 Å². The van der Waals surface area contributed by atoms with Crippen molar-refractivity contribution in [2.45, 2.75) is 38.5 Å². The highest BCUT2D eigenvalue weighted by Gasteiger charge is 2.19. The Kier molecular flexibility index (Phi) is 4.79. The maximum Gasteiger partial charge on any atom is 0.123 e. The Hall–Kier alpha value is -2.02. The molecule has 1 aliphatic carbocycles. The lowest BCUT2D eigenvalue weighted by Crippen LogP contribution is -2.13. The predicted molar refractivity (Wildman–Crippen MR) is 72.7 cm³/mol. The summed E-state index contributed by atoms with van der Waals surface area (Å²) in [5.74, 6) is 0.885. The van der Waals surface area contributed by atoms with Gasteiger partial charge in [0, 0.05) is 17.5 Å². The monoisotopic (exact) mass is 258 g/mol. The number of rotatable bonds is 5. The van der Waals surface area contributed by atoms with E-state index in [0.717, 1.165) is 54.7 Å². The molecule has 100 valence electrons. The van der Waals surface area contributed by atoms with Crippen LogP contribution in [0, 0.1) is 11.3 Å². The zero-order valence-corrected chi connectivity index (χ0v) is 10.9. The molecule has 0 amide bonds. The van der Waals surface area contributed by atoms with E-state index in [9.17, 15) is 0 Å². The molecule has 4 heteroatoms. The first-order chi connectivity index (χ1) is 9.36. The van der Waals surface area contributed by atoms with Crippen LogP contribution in [0.1, 0.15) is 43.2 Å². The van der Waals surface area contributed by atoms with Crippen LogP contribution >= 0.6 is 0 Å². The van der Waals surface area contributed by atoms with Crippen LogP contribution in [0.2, 0.25) is 0 Å². The van der Waals surface area contributed by atoms with Crippen molar-refractivity contribution in [3.05, 3.63) is 29.3 Å². The van der Waals surface area contributed by atoms with Crippen molar-refractivity contribution >= 4 is 5.71 Å². The predicted octanol–water partition coefficient (Wildman–Crippen LogP) is 3.27. The number of benzene rings is 1. The fourth-order valence-corrected chi connectivity index (χ4v) is 2.39. The minimum atomic E-state index is 0.581. The smallest absolute Gasteiger partial charge is 0.123 e. The fourth-order valence-electron chi connectivity index (χ4n) is 2.39. The van der Waals surface area contributed by atoms with Crippen LogP contribution in [-0.4, -0.2) is 17.5 Å². The summed E-state index contributed by atoms with van der Waals surface area (Å²) in [7, 11) is 0. The Bertz CT molecular complexity index is 503. The van der Waals surface area contributed by atoms with Crippen molar-refractivity contribution in [3.63, 3.8) is 0 Å². The summed E-state index contributed by atoms with van der Waals surface area (Å²) in [5, 5.41) is 20.9. The quantitative estimate of drug-likeness (QED) is 0.500. The molecule has 0 unspecified atom stereocenters. The third-order valence-corrected chi connectivity index (χ3v) is 3.35. The number of nitriles is 1. The molecule has 1 aromatic rings. The molecular weight excluding hydrogens is 240 g/mol. The number of unbranched alkanes of at least 4 members (excludes halogenated alkanes) is 2. The maximum absolute atomic E-state index is 9.02. The topological polar surface area (TPSA) is 65.6 Å². The molecule has 1 N–H and O–H groups in total. The standard InChI is InChI=1S/C15H18N2O2/c16-10-2-1-3-11-19-15-9-5-6-12-13(15)7-4-8-14(12)17-18/h5-6,9,18H,1-4,7-8,11H2. The van der Waals surface area contributed by atoms with E-state index in [2.05, 4.69) is 11.2 Å². The minimum Gasteiger partial charge on any atom is -0.493 e. The van der Waals surface area contributed by atoms with Crippen molar-refractivity contribution in [1.29, 1.82) is 5.26 Å². The average Bonchev–Trinajstić information content (AvgIpc) is 2.46. The minimum absolute atomic E-state index is 0.581. The largest absolute Gasteiger partial charge is 0.493 e. The summed E-state index contributed by atoms with van der Waals surface area (Å²) in [6.45, 7) is 0.629. The van der Waals surface area contributed by atoms with Crippen LogP contribution < -0.4 is 4.74 Å². The van der Waals surface area contributed by atoms with Gasteiger partial charge in [-0.1, -0.05) is 17.3 Å². The molecule has 19 heavy (non-hydrogen) atoms. The van der Waals surface area contributed by atoms with E-state index in [1.165, 1.54) is 0 Å². The first kappa shape index (κ1) is 13.4. The van der Waals surface area contributed by atoms with Gasteiger partial charge in [0.1, 0.15) is 5.75 Å². The van der Waals surface area contributed by atoms with Crippen LogP contribution in [0.3, 0.4) is 0 Å². The molecule has 2 rings (SSSR count). The van der Waals surface area contributed by atoms with Crippen molar-refractivity contribution in [1.82, 2.24) is 0 Å². The molecule has 1 aliphatic rings. The molecular formula is C15H18N2O2. The summed E-state index contributed by atoms with van der Waals surface area (Å²) in [6.07, 6.45) is 5.10. The Balaban J connectivity index is 2.04. The van der Waals surface area contributed by atoms with Crippen molar-refractivity contribution in [2.24, 2.45) is 5.16 Å². The van der Waals surface area contributed by atoms with Crippen molar-refractivity contribution in [3.8, 4) is 11.8 Å². The second-order valence-electron chi connectivity index (χ2n) is 4.65. The van der Waals surface area contributed by atoms with Gasteiger partial charge in [-0.05, 0) is 38.2 Å². The number of fused-ring (bicyclic) bond motifs is 1. The van der Waals surface area contributed by atoms with E-state index in [1.807, 2.05) is 18.2 Å². The summed E-state index contributed by atoms with van der Waals surface area (Å²) in [4.78, 5) is 0. The van der Waals surface area contributed by atoms with Gasteiger partial charge in [0.05, 0.1) is 18.4 Å². The van der Waals surface area contributed by atoms with Gasteiger partial charge >= 0.3 is 0 Å². The second-order valence-corrected chi connectivity index (χ2v) is 4.65. The molecule has 0 saturated heterocycles. The number of oxime groups is 1. The summed E-state index contributed by atoms with van der Waals surface area (Å²) in [5.41, 5.74) is 2.89. The lowest BCUT2D eigenvalue weighted by Gasteiger charge is -2.20. The van der Waals surface area contributed by atoms with Gasteiger partial charge < -0.3 is 9.94 Å². The first-order valence-corrected chi connectivity index (χ1v) is 6.69. The zero-order chi connectivity index (χ0) is 13.5. The third-order valence-electron chi connectivity index (χ3n) is 3.35. The molecule has 0 aliphatic heterocycles. The van der Waals surface area contributed by atoms with Crippen LogP contribution in [0.5, 0.6) is 5.75 Å². The van der Waals surface area contributed by atoms with Crippen LogP contribution in [-0.2, 0) is 6.42 Å². The SMILES string of the molecule is N#CCCCCOc1cccc2c1CCCC2=NO. The molecule has 0 aromatic heterocycles. The zero-order valence-electron chi connectivity index (χ0n) is 10.9. The highest BCUT2D eigenvalue weighted by atomic mass is 16.5. The average molecular weight is 258 g/mol. The Morgan fingerprint density at radius 2 is 2.21 bits per heavy atom. The summed E-state index contributed by atoms with van der Waals surface area (Å²) >= 11 is 0. The third kappa shape index (κ3) is 3.25.